The third-order valence-corrected chi connectivity index (χ3v) is 3.06. The summed E-state index contributed by atoms with van der Waals surface area (Å²) in [5.41, 5.74) is 1.71. The van der Waals surface area contributed by atoms with Crippen molar-refractivity contribution in [2.75, 3.05) is 13.6 Å². The molecule has 0 unspecified atom stereocenters. The molecular formula is C16H16N2O2. The molecule has 1 heterocycles. The molecule has 2 aromatic rings. The summed E-state index contributed by atoms with van der Waals surface area (Å²) in [6.07, 6.45) is 1.51. The van der Waals surface area contributed by atoms with E-state index >= 15 is 0 Å². The van der Waals surface area contributed by atoms with Crippen molar-refractivity contribution >= 4 is 5.91 Å². The molecule has 0 saturated heterocycles. The van der Waals surface area contributed by atoms with E-state index in [0.29, 0.717) is 12.3 Å². The number of hydrogen-bond acceptors (Lipinski definition) is 3. The Morgan fingerprint density at radius 1 is 1.35 bits per heavy atom. The van der Waals surface area contributed by atoms with Gasteiger partial charge in [0.15, 0.2) is 5.76 Å². The highest BCUT2D eigenvalue weighted by Crippen LogP contribution is 2.25. The Hall–Kier alpha value is -2.54. The molecule has 0 radical (unpaired) electrons. The van der Waals surface area contributed by atoms with E-state index in [1.54, 1.807) is 20.0 Å². The van der Waals surface area contributed by atoms with E-state index in [2.05, 4.69) is 6.07 Å². The maximum absolute atomic E-state index is 12.4. The third-order valence-electron chi connectivity index (χ3n) is 3.06. The van der Waals surface area contributed by atoms with Crippen molar-refractivity contribution in [1.82, 2.24) is 4.90 Å². The van der Waals surface area contributed by atoms with E-state index in [9.17, 15) is 4.79 Å². The van der Waals surface area contributed by atoms with Crippen LogP contribution in [0, 0.1) is 17.2 Å². The van der Waals surface area contributed by atoms with E-state index in [4.69, 9.17) is 9.68 Å². The van der Waals surface area contributed by atoms with Crippen LogP contribution in [0.2, 0.25) is 0 Å². The molecular weight excluding hydrogens is 252 g/mol. The third kappa shape index (κ3) is 2.89. The van der Waals surface area contributed by atoms with Crippen LogP contribution >= 0.6 is 0 Å². The number of carbonyl (C=O) groups excluding carboxylic acids is 1. The number of amides is 1. The minimum absolute atomic E-state index is 0.209. The van der Waals surface area contributed by atoms with Gasteiger partial charge >= 0.3 is 0 Å². The molecule has 0 aliphatic carbocycles. The van der Waals surface area contributed by atoms with Gasteiger partial charge < -0.3 is 9.32 Å². The summed E-state index contributed by atoms with van der Waals surface area (Å²) in [4.78, 5) is 13.9. The topological polar surface area (TPSA) is 57.2 Å². The van der Waals surface area contributed by atoms with Gasteiger partial charge in [-0.25, -0.2) is 0 Å². The number of nitriles is 1. The minimum Gasteiger partial charge on any atom is -0.459 e. The molecule has 4 heteroatoms. The Balaban J connectivity index is 2.25. The molecule has 20 heavy (non-hydrogen) atoms. The first-order chi connectivity index (χ1) is 9.63. The fourth-order valence-electron chi connectivity index (χ4n) is 2.03. The van der Waals surface area contributed by atoms with Crippen LogP contribution in [0.25, 0.3) is 11.1 Å². The Labute approximate surface area is 118 Å². The smallest absolute Gasteiger partial charge is 0.289 e. The Kier molecular flexibility index (Phi) is 4.21. The molecule has 0 spiro atoms. The van der Waals surface area contributed by atoms with Crippen LogP contribution in [0.5, 0.6) is 0 Å². The fourth-order valence-corrected chi connectivity index (χ4v) is 2.03. The normalized spacial score (nSPS) is 11.7. The highest BCUT2D eigenvalue weighted by molar-refractivity contribution is 5.98. The molecule has 1 aromatic carbocycles. The van der Waals surface area contributed by atoms with Crippen molar-refractivity contribution in [2.24, 2.45) is 5.92 Å². The van der Waals surface area contributed by atoms with Crippen molar-refractivity contribution in [3.8, 4) is 17.2 Å². The molecule has 4 nitrogen and oxygen atoms in total. The zero-order valence-electron chi connectivity index (χ0n) is 11.5. The fraction of sp³-hybridized carbons (Fsp3) is 0.250. The Bertz CT molecular complexity index is 625. The number of hydrogen-bond donors (Lipinski definition) is 0. The van der Waals surface area contributed by atoms with E-state index in [-0.39, 0.29) is 11.8 Å². The standard InChI is InChI=1S/C16H16N2O2/c1-12(10-17)11-18(2)16(19)15-14(8-9-20-15)13-6-4-3-5-7-13/h3-9,12H,11H2,1-2H3/t12-/m0/s1. The summed E-state index contributed by atoms with van der Waals surface area (Å²) < 4.78 is 5.34. The van der Waals surface area contributed by atoms with Crippen LogP contribution in [0.4, 0.5) is 0 Å². The van der Waals surface area contributed by atoms with Gasteiger partial charge in [-0.15, -0.1) is 0 Å². The molecule has 1 atom stereocenters. The Morgan fingerprint density at radius 2 is 2.05 bits per heavy atom. The quantitative estimate of drug-likeness (QED) is 0.855. The summed E-state index contributed by atoms with van der Waals surface area (Å²) in [6.45, 7) is 2.16. The van der Waals surface area contributed by atoms with Gasteiger partial charge in [0, 0.05) is 19.2 Å². The summed E-state index contributed by atoms with van der Waals surface area (Å²) in [5, 5.41) is 8.82. The van der Waals surface area contributed by atoms with Crippen LogP contribution in [0.3, 0.4) is 0 Å². The average Bonchev–Trinajstić information content (AvgIpc) is 2.96. The van der Waals surface area contributed by atoms with Gasteiger partial charge in [-0.3, -0.25) is 4.79 Å². The predicted octanol–water partition coefficient (Wildman–Crippen LogP) is 3.18. The van der Waals surface area contributed by atoms with Gasteiger partial charge in [0.1, 0.15) is 0 Å². The molecule has 0 N–H and O–H groups in total. The lowest BCUT2D eigenvalue weighted by Crippen LogP contribution is -2.30. The molecule has 0 aliphatic rings. The highest BCUT2D eigenvalue weighted by atomic mass is 16.3. The highest BCUT2D eigenvalue weighted by Gasteiger charge is 2.21. The molecule has 0 fully saturated rings. The van der Waals surface area contributed by atoms with Gasteiger partial charge in [-0.1, -0.05) is 30.3 Å². The maximum atomic E-state index is 12.4. The monoisotopic (exact) mass is 268 g/mol. The predicted molar refractivity (Wildman–Crippen MR) is 75.9 cm³/mol. The molecule has 0 saturated carbocycles. The van der Waals surface area contributed by atoms with Gasteiger partial charge in [0.05, 0.1) is 18.3 Å². The van der Waals surface area contributed by atoms with Crippen molar-refractivity contribution < 1.29 is 9.21 Å². The van der Waals surface area contributed by atoms with Gasteiger partial charge in [-0.2, -0.15) is 5.26 Å². The van der Waals surface area contributed by atoms with Crippen molar-refractivity contribution in [3.05, 3.63) is 48.4 Å². The van der Waals surface area contributed by atoms with Crippen LogP contribution in [-0.2, 0) is 0 Å². The van der Waals surface area contributed by atoms with Crippen LogP contribution < -0.4 is 0 Å². The van der Waals surface area contributed by atoms with E-state index in [0.717, 1.165) is 11.1 Å². The first-order valence-electron chi connectivity index (χ1n) is 6.41. The molecule has 0 bridgehead atoms. The molecule has 0 aliphatic heterocycles. The largest absolute Gasteiger partial charge is 0.459 e. The number of benzene rings is 1. The number of nitrogens with zero attached hydrogens (tertiary/aromatic N) is 2. The zero-order chi connectivity index (χ0) is 14.5. The number of rotatable bonds is 4. The molecule has 1 aromatic heterocycles. The van der Waals surface area contributed by atoms with Crippen molar-refractivity contribution in [2.45, 2.75) is 6.92 Å². The lowest BCUT2D eigenvalue weighted by molar-refractivity contribution is 0.0754. The van der Waals surface area contributed by atoms with Gasteiger partial charge in [0.25, 0.3) is 5.91 Å². The second-order valence-electron chi connectivity index (χ2n) is 4.75. The van der Waals surface area contributed by atoms with E-state index < -0.39 is 0 Å². The van der Waals surface area contributed by atoms with Crippen molar-refractivity contribution in [1.29, 1.82) is 5.26 Å². The summed E-state index contributed by atoms with van der Waals surface area (Å²) >= 11 is 0. The molecule has 1 amide bonds. The second kappa shape index (κ2) is 6.07. The molecule has 2 rings (SSSR count). The summed E-state index contributed by atoms with van der Waals surface area (Å²) in [5.74, 6) is -0.112. The van der Waals surface area contributed by atoms with Gasteiger partial charge in [0.2, 0.25) is 0 Å². The van der Waals surface area contributed by atoms with Gasteiger partial charge in [-0.05, 0) is 18.6 Å². The average molecular weight is 268 g/mol. The van der Waals surface area contributed by atoms with Crippen LogP contribution in [-0.4, -0.2) is 24.4 Å². The SMILES string of the molecule is C[C@@H](C#N)CN(C)C(=O)c1occc1-c1ccccc1. The number of carbonyl (C=O) groups is 1. The first kappa shape index (κ1) is 13.9. The van der Waals surface area contributed by atoms with Crippen LogP contribution in [0.1, 0.15) is 17.5 Å². The minimum atomic E-state index is -0.212. The second-order valence-corrected chi connectivity index (χ2v) is 4.75. The number of furan rings is 1. The summed E-state index contributed by atoms with van der Waals surface area (Å²) in [6, 6.07) is 13.5. The van der Waals surface area contributed by atoms with Crippen LogP contribution in [0.15, 0.2) is 47.1 Å². The van der Waals surface area contributed by atoms with Crippen molar-refractivity contribution in [3.63, 3.8) is 0 Å². The Morgan fingerprint density at radius 3 is 2.70 bits per heavy atom. The molecule has 102 valence electrons. The zero-order valence-corrected chi connectivity index (χ0v) is 11.5. The maximum Gasteiger partial charge on any atom is 0.289 e. The lowest BCUT2D eigenvalue weighted by atomic mass is 10.1. The first-order valence-corrected chi connectivity index (χ1v) is 6.41. The summed E-state index contributed by atoms with van der Waals surface area (Å²) in [7, 11) is 1.67. The lowest BCUT2D eigenvalue weighted by Gasteiger charge is -2.17. The van der Waals surface area contributed by atoms with E-state index in [1.165, 1.54) is 11.2 Å². The van der Waals surface area contributed by atoms with E-state index in [1.807, 2.05) is 30.3 Å².